The molecule has 0 saturated carbocycles. The minimum atomic E-state index is 0.708. The van der Waals surface area contributed by atoms with E-state index in [-0.39, 0.29) is 0 Å². The number of hydrogen-bond acceptors (Lipinski definition) is 1. The highest BCUT2D eigenvalue weighted by molar-refractivity contribution is 5.97. The smallest absolute Gasteiger partial charge is 0.150 e. The third-order valence-electron chi connectivity index (χ3n) is 3.11. The molecule has 0 saturated heterocycles. The number of benzene rings is 2. The van der Waals surface area contributed by atoms with E-state index in [1.165, 1.54) is 16.7 Å². The van der Waals surface area contributed by atoms with Crippen LogP contribution in [0, 0.1) is 0 Å². The van der Waals surface area contributed by atoms with E-state index in [0.29, 0.717) is 5.56 Å². The molecule has 0 bridgehead atoms. The van der Waals surface area contributed by atoms with Crippen LogP contribution in [0.5, 0.6) is 0 Å². The Kier molecular flexibility index (Phi) is 2.66. The predicted molar refractivity (Wildman–Crippen MR) is 75.2 cm³/mol. The van der Waals surface area contributed by atoms with Crippen molar-refractivity contribution < 1.29 is 4.79 Å². The summed E-state index contributed by atoms with van der Waals surface area (Å²) in [4.78, 5) is 10.6. The number of rotatable bonds is 2. The van der Waals surface area contributed by atoms with E-state index in [2.05, 4.69) is 36.4 Å². The molecule has 0 spiro atoms. The maximum Gasteiger partial charge on any atom is 0.150 e. The molecule has 0 aromatic heterocycles. The summed E-state index contributed by atoms with van der Waals surface area (Å²) in [6.45, 7) is 0. The summed E-state index contributed by atoms with van der Waals surface area (Å²) in [5.41, 5.74) is 5.55. The van der Waals surface area contributed by atoms with E-state index >= 15 is 0 Å². The monoisotopic (exact) mass is 232 g/mol. The SMILES string of the molecule is O=Cc1ccc(C=C2C=Cc3ccccc32)cc1. The molecule has 2 aromatic rings. The highest BCUT2D eigenvalue weighted by Gasteiger charge is 2.08. The van der Waals surface area contributed by atoms with E-state index in [1.807, 2.05) is 30.3 Å². The van der Waals surface area contributed by atoms with E-state index in [0.717, 1.165) is 11.8 Å². The zero-order valence-corrected chi connectivity index (χ0v) is 9.84. The lowest BCUT2D eigenvalue weighted by atomic mass is 10.0. The minimum absolute atomic E-state index is 0.708. The van der Waals surface area contributed by atoms with Crippen LogP contribution in [0.1, 0.15) is 27.0 Å². The molecule has 0 amide bonds. The highest BCUT2D eigenvalue weighted by Crippen LogP contribution is 2.30. The van der Waals surface area contributed by atoms with Gasteiger partial charge in [0.15, 0.2) is 0 Å². The fraction of sp³-hybridized carbons (Fsp3) is 0. The molecule has 0 aliphatic heterocycles. The molecule has 0 atom stereocenters. The lowest BCUT2D eigenvalue weighted by Crippen LogP contribution is -1.82. The molecular weight excluding hydrogens is 220 g/mol. The standard InChI is InChI=1S/C17H12O/c18-12-14-7-5-13(6-8-14)11-16-10-9-15-3-1-2-4-17(15)16/h1-12H. The first-order valence-electron chi connectivity index (χ1n) is 5.91. The molecule has 0 radical (unpaired) electrons. The molecule has 1 aliphatic carbocycles. The quantitative estimate of drug-likeness (QED) is 0.713. The number of hydrogen-bond donors (Lipinski definition) is 0. The second-order valence-electron chi connectivity index (χ2n) is 4.30. The summed E-state index contributed by atoms with van der Waals surface area (Å²) < 4.78 is 0. The molecule has 0 unspecified atom stereocenters. The maximum atomic E-state index is 10.6. The van der Waals surface area contributed by atoms with Gasteiger partial charge in [-0.05, 0) is 28.3 Å². The van der Waals surface area contributed by atoms with Gasteiger partial charge in [-0.25, -0.2) is 0 Å². The van der Waals surface area contributed by atoms with Gasteiger partial charge in [0.25, 0.3) is 0 Å². The fourth-order valence-corrected chi connectivity index (χ4v) is 2.15. The molecule has 0 fully saturated rings. The Morgan fingerprint density at radius 1 is 0.778 bits per heavy atom. The van der Waals surface area contributed by atoms with Gasteiger partial charge in [-0.2, -0.15) is 0 Å². The van der Waals surface area contributed by atoms with Gasteiger partial charge >= 0.3 is 0 Å². The molecular formula is C17H12O. The first-order chi connectivity index (χ1) is 8.86. The van der Waals surface area contributed by atoms with Gasteiger partial charge in [0.1, 0.15) is 6.29 Å². The van der Waals surface area contributed by atoms with Gasteiger partial charge < -0.3 is 0 Å². The van der Waals surface area contributed by atoms with Crippen molar-refractivity contribution in [3.8, 4) is 0 Å². The minimum Gasteiger partial charge on any atom is -0.298 e. The predicted octanol–water partition coefficient (Wildman–Crippen LogP) is 4.07. The third-order valence-corrected chi connectivity index (χ3v) is 3.11. The Balaban J connectivity index is 1.98. The topological polar surface area (TPSA) is 17.1 Å². The fourth-order valence-electron chi connectivity index (χ4n) is 2.15. The van der Waals surface area contributed by atoms with Crippen LogP contribution < -0.4 is 0 Å². The summed E-state index contributed by atoms with van der Waals surface area (Å²) in [6.07, 6.45) is 7.25. The van der Waals surface area contributed by atoms with Crippen molar-refractivity contribution in [1.82, 2.24) is 0 Å². The second-order valence-corrected chi connectivity index (χ2v) is 4.30. The number of carbonyl (C=O) groups is 1. The molecule has 1 aliphatic rings. The first-order valence-corrected chi connectivity index (χ1v) is 5.91. The molecule has 1 heteroatoms. The maximum absolute atomic E-state index is 10.6. The first kappa shape index (κ1) is 10.7. The van der Waals surface area contributed by atoms with Crippen LogP contribution in [-0.4, -0.2) is 6.29 Å². The zero-order valence-electron chi connectivity index (χ0n) is 9.84. The highest BCUT2D eigenvalue weighted by atomic mass is 16.1. The van der Waals surface area contributed by atoms with Crippen LogP contribution >= 0.6 is 0 Å². The average Bonchev–Trinajstić information content (AvgIpc) is 2.83. The Morgan fingerprint density at radius 3 is 2.28 bits per heavy atom. The van der Waals surface area contributed by atoms with E-state index in [1.54, 1.807) is 0 Å². The van der Waals surface area contributed by atoms with E-state index in [4.69, 9.17) is 0 Å². The molecule has 1 nitrogen and oxygen atoms in total. The van der Waals surface area contributed by atoms with Crippen molar-refractivity contribution in [2.24, 2.45) is 0 Å². The van der Waals surface area contributed by atoms with Gasteiger partial charge in [0.05, 0.1) is 0 Å². The van der Waals surface area contributed by atoms with Crippen LogP contribution in [0.15, 0.2) is 54.6 Å². The van der Waals surface area contributed by atoms with Crippen LogP contribution in [0.2, 0.25) is 0 Å². The second kappa shape index (κ2) is 4.46. The van der Waals surface area contributed by atoms with Crippen molar-refractivity contribution in [2.75, 3.05) is 0 Å². The van der Waals surface area contributed by atoms with Crippen molar-refractivity contribution in [2.45, 2.75) is 0 Å². The van der Waals surface area contributed by atoms with E-state index < -0.39 is 0 Å². The van der Waals surface area contributed by atoms with Crippen LogP contribution in [-0.2, 0) is 0 Å². The third kappa shape index (κ3) is 1.91. The van der Waals surface area contributed by atoms with Crippen LogP contribution in [0.4, 0.5) is 0 Å². The van der Waals surface area contributed by atoms with Gasteiger partial charge in [0.2, 0.25) is 0 Å². The van der Waals surface area contributed by atoms with Gasteiger partial charge in [0, 0.05) is 5.56 Å². The molecule has 3 rings (SSSR count). The zero-order chi connectivity index (χ0) is 12.4. The molecule has 18 heavy (non-hydrogen) atoms. The Hall–Kier alpha value is -2.41. The molecule has 86 valence electrons. The Bertz CT molecular complexity index is 646. The summed E-state index contributed by atoms with van der Waals surface area (Å²) in [7, 11) is 0. The summed E-state index contributed by atoms with van der Waals surface area (Å²) in [5, 5.41) is 0. The Labute approximate surface area is 106 Å². The van der Waals surface area contributed by atoms with Crippen molar-refractivity contribution in [3.63, 3.8) is 0 Å². The largest absolute Gasteiger partial charge is 0.298 e. The molecule has 2 aromatic carbocycles. The van der Waals surface area contributed by atoms with Crippen molar-refractivity contribution in [3.05, 3.63) is 76.9 Å². The summed E-state index contributed by atoms with van der Waals surface area (Å²) >= 11 is 0. The van der Waals surface area contributed by atoms with Crippen LogP contribution in [0.25, 0.3) is 17.7 Å². The lowest BCUT2D eigenvalue weighted by Gasteiger charge is -2.01. The summed E-state index contributed by atoms with van der Waals surface area (Å²) in [5.74, 6) is 0. The summed E-state index contributed by atoms with van der Waals surface area (Å²) in [6, 6.07) is 15.9. The average molecular weight is 232 g/mol. The number of carbonyl (C=O) groups excluding carboxylic acids is 1. The lowest BCUT2D eigenvalue weighted by molar-refractivity contribution is 0.112. The Morgan fingerprint density at radius 2 is 1.50 bits per heavy atom. The van der Waals surface area contributed by atoms with Crippen molar-refractivity contribution >= 4 is 24.0 Å². The number of aldehydes is 1. The molecule has 0 N–H and O–H groups in total. The van der Waals surface area contributed by atoms with E-state index in [9.17, 15) is 4.79 Å². The van der Waals surface area contributed by atoms with Crippen LogP contribution in [0.3, 0.4) is 0 Å². The number of allylic oxidation sites excluding steroid dienone is 2. The number of fused-ring (bicyclic) bond motifs is 1. The van der Waals surface area contributed by atoms with Gasteiger partial charge in [-0.3, -0.25) is 4.79 Å². The van der Waals surface area contributed by atoms with Gasteiger partial charge in [-0.1, -0.05) is 60.7 Å². The normalized spacial score (nSPS) is 14.8. The van der Waals surface area contributed by atoms with Crippen molar-refractivity contribution in [1.29, 1.82) is 0 Å². The van der Waals surface area contributed by atoms with Gasteiger partial charge in [-0.15, -0.1) is 0 Å². The molecule has 0 heterocycles.